The minimum atomic E-state index is -0.493. The van der Waals surface area contributed by atoms with Gasteiger partial charge in [-0.1, -0.05) is 42.5 Å². The molecule has 2 aromatic rings. The second-order valence-electron chi connectivity index (χ2n) is 5.89. The molecule has 0 amide bonds. The Kier molecular flexibility index (Phi) is 5.99. The van der Waals surface area contributed by atoms with Crippen LogP contribution in [0.4, 0.5) is 0 Å². The lowest BCUT2D eigenvalue weighted by atomic mass is 10.1. The number of ether oxygens (including phenoxy) is 1. The van der Waals surface area contributed by atoms with Gasteiger partial charge in [0.15, 0.2) is 0 Å². The van der Waals surface area contributed by atoms with Crippen LogP contribution in [0.2, 0.25) is 0 Å². The predicted molar refractivity (Wildman–Crippen MR) is 91.1 cm³/mol. The van der Waals surface area contributed by atoms with E-state index in [-0.39, 0.29) is 0 Å². The summed E-state index contributed by atoms with van der Waals surface area (Å²) < 4.78 is 5.73. The van der Waals surface area contributed by atoms with Gasteiger partial charge in [-0.25, -0.2) is 0 Å². The normalized spacial score (nSPS) is 12.6. The molecule has 3 nitrogen and oxygen atoms in total. The molecule has 0 bridgehead atoms. The fourth-order valence-electron chi connectivity index (χ4n) is 2.18. The second kappa shape index (κ2) is 7.97. The first-order valence-electron chi connectivity index (χ1n) is 7.73. The summed E-state index contributed by atoms with van der Waals surface area (Å²) >= 11 is 0. The van der Waals surface area contributed by atoms with Gasteiger partial charge in [-0.15, -0.1) is 0 Å². The van der Waals surface area contributed by atoms with Crippen molar-refractivity contribution in [2.75, 3.05) is 20.2 Å². The minimum absolute atomic E-state index is 0.301. The van der Waals surface area contributed by atoms with Crippen LogP contribution in [0, 0.1) is 0 Å². The van der Waals surface area contributed by atoms with Gasteiger partial charge in [0.05, 0.1) is 0 Å². The van der Waals surface area contributed by atoms with E-state index in [2.05, 4.69) is 36.9 Å². The Balaban J connectivity index is 1.94. The summed E-state index contributed by atoms with van der Waals surface area (Å²) in [5.41, 5.74) is 2.28. The number of aliphatic hydroxyl groups excluding tert-OH is 1. The quantitative estimate of drug-likeness (QED) is 0.850. The summed E-state index contributed by atoms with van der Waals surface area (Å²) in [5, 5.41) is 10.0. The Morgan fingerprint density at radius 1 is 1.00 bits per heavy atom. The number of hydrogen-bond donors (Lipinski definition) is 1. The Morgan fingerprint density at radius 3 is 2.36 bits per heavy atom. The van der Waals surface area contributed by atoms with E-state index in [1.807, 2.05) is 43.4 Å². The highest BCUT2D eigenvalue weighted by molar-refractivity contribution is 5.64. The fraction of sp³-hybridized carbons (Fsp3) is 0.368. The van der Waals surface area contributed by atoms with Crippen LogP contribution in [0.15, 0.2) is 54.6 Å². The molecule has 1 unspecified atom stereocenters. The number of benzene rings is 2. The van der Waals surface area contributed by atoms with Crippen molar-refractivity contribution in [2.45, 2.75) is 26.0 Å². The largest absolute Gasteiger partial charge is 0.491 e. The molecule has 0 radical (unpaired) electrons. The monoisotopic (exact) mass is 299 g/mol. The van der Waals surface area contributed by atoms with Gasteiger partial charge in [0, 0.05) is 12.6 Å². The molecule has 118 valence electrons. The van der Waals surface area contributed by atoms with Crippen molar-refractivity contribution in [1.29, 1.82) is 0 Å². The van der Waals surface area contributed by atoms with Crippen molar-refractivity contribution in [3.63, 3.8) is 0 Å². The number of nitrogens with zero attached hydrogens (tertiary/aromatic N) is 1. The van der Waals surface area contributed by atoms with Crippen molar-refractivity contribution < 1.29 is 9.84 Å². The average Bonchev–Trinajstić information content (AvgIpc) is 2.54. The van der Waals surface area contributed by atoms with E-state index < -0.39 is 6.10 Å². The van der Waals surface area contributed by atoms with E-state index in [1.54, 1.807) is 0 Å². The zero-order chi connectivity index (χ0) is 15.9. The molecule has 0 aromatic heterocycles. The molecular formula is C19H25NO2. The first-order chi connectivity index (χ1) is 10.6. The molecule has 0 aliphatic heterocycles. The minimum Gasteiger partial charge on any atom is -0.491 e. The van der Waals surface area contributed by atoms with Crippen molar-refractivity contribution in [3.8, 4) is 16.9 Å². The standard InChI is InChI=1S/C19H25NO2/c1-15(2)20(3)13-18(21)14-22-19-11-7-10-17(12-19)16-8-5-4-6-9-16/h4-12,15,18,21H,13-14H2,1-3H3. The number of aliphatic hydroxyl groups is 1. The molecular weight excluding hydrogens is 274 g/mol. The van der Waals surface area contributed by atoms with Crippen LogP contribution in [-0.2, 0) is 0 Å². The van der Waals surface area contributed by atoms with E-state index in [9.17, 15) is 5.11 Å². The van der Waals surface area contributed by atoms with Crippen LogP contribution < -0.4 is 4.74 Å². The topological polar surface area (TPSA) is 32.7 Å². The van der Waals surface area contributed by atoms with Crippen molar-refractivity contribution >= 4 is 0 Å². The molecule has 1 atom stereocenters. The van der Waals surface area contributed by atoms with Crippen molar-refractivity contribution in [3.05, 3.63) is 54.6 Å². The van der Waals surface area contributed by atoms with Crippen LogP contribution >= 0.6 is 0 Å². The van der Waals surface area contributed by atoms with Crippen LogP contribution in [0.1, 0.15) is 13.8 Å². The molecule has 0 saturated carbocycles. The smallest absolute Gasteiger partial charge is 0.120 e. The van der Waals surface area contributed by atoms with Crippen LogP contribution in [-0.4, -0.2) is 42.4 Å². The lowest BCUT2D eigenvalue weighted by molar-refractivity contribution is 0.0678. The molecule has 0 aliphatic rings. The lowest BCUT2D eigenvalue weighted by Crippen LogP contribution is -2.36. The number of likely N-dealkylation sites (N-methyl/N-ethyl adjacent to an activating group) is 1. The van der Waals surface area contributed by atoms with Gasteiger partial charge in [0.25, 0.3) is 0 Å². The molecule has 0 heterocycles. The molecule has 1 N–H and O–H groups in total. The van der Waals surface area contributed by atoms with E-state index in [1.165, 1.54) is 0 Å². The van der Waals surface area contributed by atoms with E-state index >= 15 is 0 Å². The van der Waals surface area contributed by atoms with E-state index in [0.29, 0.717) is 19.2 Å². The highest BCUT2D eigenvalue weighted by Crippen LogP contribution is 2.23. The van der Waals surface area contributed by atoms with Gasteiger partial charge in [0.2, 0.25) is 0 Å². The first-order valence-corrected chi connectivity index (χ1v) is 7.73. The number of hydrogen-bond acceptors (Lipinski definition) is 3. The molecule has 0 fully saturated rings. The summed E-state index contributed by atoms with van der Waals surface area (Å²) in [4.78, 5) is 2.11. The van der Waals surface area contributed by atoms with Crippen LogP contribution in [0.5, 0.6) is 5.75 Å². The maximum atomic E-state index is 10.0. The third-order valence-electron chi connectivity index (χ3n) is 3.76. The summed E-state index contributed by atoms with van der Waals surface area (Å²) in [6.07, 6.45) is -0.493. The molecule has 0 spiro atoms. The summed E-state index contributed by atoms with van der Waals surface area (Å²) in [6.45, 7) is 5.12. The SMILES string of the molecule is CC(C)N(C)CC(O)COc1cccc(-c2ccccc2)c1. The maximum Gasteiger partial charge on any atom is 0.120 e. The third-order valence-corrected chi connectivity index (χ3v) is 3.76. The Hall–Kier alpha value is -1.84. The summed E-state index contributed by atoms with van der Waals surface area (Å²) in [6, 6.07) is 18.6. The Bertz CT molecular complexity index is 569. The number of rotatable bonds is 7. The van der Waals surface area contributed by atoms with Gasteiger partial charge in [-0.2, -0.15) is 0 Å². The Morgan fingerprint density at radius 2 is 1.68 bits per heavy atom. The van der Waals surface area contributed by atoms with Gasteiger partial charge in [0.1, 0.15) is 18.5 Å². The third kappa shape index (κ3) is 4.86. The van der Waals surface area contributed by atoms with Gasteiger partial charge in [-0.3, -0.25) is 0 Å². The molecule has 0 aliphatic carbocycles. The highest BCUT2D eigenvalue weighted by Gasteiger charge is 2.11. The molecule has 3 heteroatoms. The second-order valence-corrected chi connectivity index (χ2v) is 5.89. The molecule has 22 heavy (non-hydrogen) atoms. The zero-order valence-corrected chi connectivity index (χ0v) is 13.6. The lowest BCUT2D eigenvalue weighted by Gasteiger charge is -2.24. The average molecular weight is 299 g/mol. The van der Waals surface area contributed by atoms with E-state index in [0.717, 1.165) is 16.9 Å². The fourth-order valence-corrected chi connectivity index (χ4v) is 2.18. The van der Waals surface area contributed by atoms with Gasteiger partial charge >= 0.3 is 0 Å². The highest BCUT2D eigenvalue weighted by atomic mass is 16.5. The zero-order valence-electron chi connectivity index (χ0n) is 13.6. The van der Waals surface area contributed by atoms with Crippen molar-refractivity contribution in [1.82, 2.24) is 4.90 Å². The molecule has 0 saturated heterocycles. The van der Waals surface area contributed by atoms with Crippen LogP contribution in [0.3, 0.4) is 0 Å². The summed E-state index contributed by atoms with van der Waals surface area (Å²) in [5.74, 6) is 0.785. The molecule has 2 rings (SSSR count). The summed E-state index contributed by atoms with van der Waals surface area (Å²) in [7, 11) is 2.00. The van der Waals surface area contributed by atoms with Gasteiger partial charge in [-0.05, 0) is 44.2 Å². The predicted octanol–water partition coefficient (Wildman–Crippen LogP) is 3.43. The Labute approximate surface area is 133 Å². The maximum absolute atomic E-state index is 10.0. The first kappa shape index (κ1) is 16.5. The van der Waals surface area contributed by atoms with Gasteiger partial charge < -0.3 is 14.7 Å². The molecule has 2 aromatic carbocycles. The van der Waals surface area contributed by atoms with Crippen LogP contribution in [0.25, 0.3) is 11.1 Å². The van der Waals surface area contributed by atoms with E-state index in [4.69, 9.17) is 4.74 Å². The van der Waals surface area contributed by atoms with Crippen molar-refractivity contribution in [2.24, 2.45) is 0 Å².